The minimum absolute atomic E-state index is 0.176. The molecule has 0 amide bonds. The second-order valence-corrected chi connectivity index (χ2v) is 3.83. The summed E-state index contributed by atoms with van der Waals surface area (Å²) in [6.07, 6.45) is 2.43. The van der Waals surface area contributed by atoms with Crippen LogP contribution in [0.15, 0.2) is 0 Å². The first-order valence-electron chi connectivity index (χ1n) is 4.59. The minimum Gasteiger partial charge on any atom is -0.368 e. The molecular formula is C9H19NO2. The Balaban J connectivity index is 2.46. The summed E-state index contributed by atoms with van der Waals surface area (Å²) in [4.78, 5) is 2.21. The number of hydrogen-bond donors (Lipinski definition) is 1. The summed E-state index contributed by atoms with van der Waals surface area (Å²) < 4.78 is 5.32. The van der Waals surface area contributed by atoms with Gasteiger partial charge in [0.15, 0.2) is 6.29 Å². The van der Waals surface area contributed by atoms with Gasteiger partial charge in [-0.1, -0.05) is 0 Å². The topological polar surface area (TPSA) is 32.7 Å². The molecule has 1 rings (SSSR count). The Morgan fingerprint density at radius 2 is 2.00 bits per heavy atom. The van der Waals surface area contributed by atoms with Crippen molar-refractivity contribution in [3.8, 4) is 0 Å². The van der Waals surface area contributed by atoms with E-state index in [4.69, 9.17) is 4.74 Å². The maximum absolute atomic E-state index is 9.32. The molecule has 0 spiro atoms. The van der Waals surface area contributed by atoms with Gasteiger partial charge < -0.3 is 14.7 Å². The van der Waals surface area contributed by atoms with Crippen molar-refractivity contribution < 1.29 is 9.84 Å². The van der Waals surface area contributed by atoms with Gasteiger partial charge in [0, 0.05) is 6.04 Å². The Morgan fingerprint density at radius 1 is 1.33 bits per heavy atom. The number of rotatable bonds is 1. The molecule has 3 nitrogen and oxygen atoms in total. The molecule has 12 heavy (non-hydrogen) atoms. The predicted molar refractivity (Wildman–Crippen MR) is 47.9 cm³/mol. The van der Waals surface area contributed by atoms with Gasteiger partial charge in [-0.25, -0.2) is 0 Å². The maximum Gasteiger partial charge on any atom is 0.154 e. The normalized spacial score (nSPS) is 38.2. The Hall–Kier alpha value is -0.120. The van der Waals surface area contributed by atoms with Crippen LogP contribution in [0.2, 0.25) is 0 Å². The van der Waals surface area contributed by atoms with E-state index in [1.807, 2.05) is 6.92 Å². The fourth-order valence-corrected chi connectivity index (χ4v) is 1.70. The van der Waals surface area contributed by atoms with Crippen molar-refractivity contribution >= 4 is 0 Å². The maximum atomic E-state index is 9.32. The average molecular weight is 173 g/mol. The van der Waals surface area contributed by atoms with Crippen molar-refractivity contribution in [2.45, 2.75) is 44.6 Å². The second kappa shape index (κ2) is 4.21. The van der Waals surface area contributed by atoms with Crippen LogP contribution in [0.3, 0.4) is 0 Å². The van der Waals surface area contributed by atoms with Gasteiger partial charge in [-0.2, -0.15) is 0 Å². The highest BCUT2D eigenvalue weighted by Gasteiger charge is 2.23. The van der Waals surface area contributed by atoms with Gasteiger partial charge in [0.1, 0.15) is 0 Å². The van der Waals surface area contributed by atoms with Crippen molar-refractivity contribution in [1.82, 2.24) is 4.90 Å². The van der Waals surface area contributed by atoms with Crippen LogP contribution in [-0.2, 0) is 4.74 Å². The van der Waals surface area contributed by atoms with Crippen LogP contribution in [0.4, 0.5) is 0 Å². The molecule has 1 N–H and O–H groups in total. The van der Waals surface area contributed by atoms with Gasteiger partial charge in [0.2, 0.25) is 0 Å². The monoisotopic (exact) mass is 173 g/mol. The fourth-order valence-electron chi connectivity index (χ4n) is 1.70. The van der Waals surface area contributed by atoms with Gasteiger partial charge in [0.25, 0.3) is 0 Å². The summed E-state index contributed by atoms with van der Waals surface area (Å²) in [5, 5.41) is 9.32. The Morgan fingerprint density at radius 3 is 2.58 bits per heavy atom. The summed E-state index contributed by atoms with van der Waals surface area (Å²) >= 11 is 0. The average Bonchev–Trinajstić information content (AvgIpc) is 2.11. The van der Waals surface area contributed by atoms with Crippen molar-refractivity contribution in [2.24, 2.45) is 0 Å². The van der Waals surface area contributed by atoms with Crippen molar-refractivity contribution in [3.05, 3.63) is 0 Å². The molecule has 0 aliphatic carbocycles. The van der Waals surface area contributed by atoms with E-state index in [9.17, 15) is 5.11 Å². The van der Waals surface area contributed by atoms with E-state index in [2.05, 4.69) is 19.0 Å². The lowest BCUT2D eigenvalue weighted by atomic mass is 10.1. The van der Waals surface area contributed by atoms with E-state index in [1.54, 1.807) is 0 Å². The van der Waals surface area contributed by atoms with E-state index >= 15 is 0 Å². The Labute approximate surface area is 74.3 Å². The van der Waals surface area contributed by atoms with Crippen molar-refractivity contribution in [1.29, 1.82) is 0 Å². The molecule has 0 radical (unpaired) electrons. The molecule has 1 aliphatic rings. The molecule has 1 aliphatic heterocycles. The third-order valence-electron chi connectivity index (χ3n) is 2.47. The molecule has 0 unspecified atom stereocenters. The van der Waals surface area contributed by atoms with Crippen molar-refractivity contribution in [3.63, 3.8) is 0 Å². The number of hydrogen-bond acceptors (Lipinski definition) is 3. The SMILES string of the molecule is C[C@@H]1C[C@H](N(C)C)CC[C@H](O)O1. The van der Waals surface area contributed by atoms with Gasteiger partial charge >= 0.3 is 0 Å². The lowest BCUT2D eigenvalue weighted by Gasteiger charge is -2.23. The summed E-state index contributed by atoms with van der Waals surface area (Å²) in [5.74, 6) is 0. The van der Waals surface area contributed by atoms with Gasteiger partial charge in [-0.05, 0) is 40.3 Å². The zero-order chi connectivity index (χ0) is 9.14. The zero-order valence-corrected chi connectivity index (χ0v) is 8.16. The molecule has 0 aromatic carbocycles. The highest BCUT2D eigenvalue weighted by atomic mass is 16.6. The zero-order valence-electron chi connectivity index (χ0n) is 8.16. The first-order chi connectivity index (χ1) is 5.59. The van der Waals surface area contributed by atoms with Crippen LogP contribution in [0.25, 0.3) is 0 Å². The predicted octanol–water partition coefficient (Wildman–Crippen LogP) is 0.824. The smallest absolute Gasteiger partial charge is 0.154 e. The Kier molecular flexibility index (Phi) is 3.50. The highest BCUT2D eigenvalue weighted by molar-refractivity contribution is 4.73. The minimum atomic E-state index is -0.551. The number of nitrogens with zero attached hydrogens (tertiary/aromatic N) is 1. The molecule has 0 saturated carbocycles. The molecule has 0 bridgehead atoms. The molecule has 3 heteroatoms. The van der Waals surface area contributed by atoms with Crippen LogP contribution < -0.4 is 0 Å². The van der Waals surface area contributed by atoms with E-state index in [-0.39, 0.29) is 6.10 Å². The van der Waals surface area contributed by atoms with Crippen LogP contribution in [0.5, 0.6) is 0 Å². The van der Waals surface area contributed by atoms with E-state index in [0.717, 1.165) is 19.3 Å². The van der Waals surface area contributed by atoms with Crippen molar-refractivity contribution in [2.75, 3.05) is 14.1 Å². The largest absolute Gasteiger partial charge is 0.368 e. The van der Waals surface area contributed by atoms with Crippen LogP contribution in [-0.4, -0.2) is 42.5 Å². The third-order valence-corrected chi connectivity index (χ3v) is 2.47. The first kappa shape index (κ1) is 9.96. The number of aliphatic hydroxyl groups excluding tert-OH is 1. The number of aliphatic hydroxyl groups is 1. The number of ether oxygens (including phenoxy) is 1. The van der Waals surface area contributed by atoms with Crippen LogP contribution in [0.1, 0.15) is 26.2 Å². The third kappa shape index (κ3) is 2.73. The van der Waals surface area contributed by atoms with Crippen LogP contribution in [0, 0.1) is 0 Å². The van der Waals surface area contributed by atoms with E-state index < -0.39 is 6.29 Å². The van der Waals surface area contributed by atoms with Gasteiger partial charge in [-0.15, -0.1) is 0 Å². The molecule has 1 fully saturated rings. The van der Waals surface area contributed by atoms with E-state index in [0.29, 0.717) is 6.04 Å². The molecule has 1 heterocycles. The van der Waals surface area contributed by atoms with Gasteiger partial charge in [0.05, 0.1) is 6.10 Å². The molecule has 3 atom stereocenters. The van der Waals surface area contributed by atoms with E-state index in [1.165, 1.54) is 0 Å². The molecule has 1 saturated heterocycles. The molecule has 0 aromatic heterocycles. The fraction of sp³-hybridized carbons (Fsp3) is 1.00. The summed E-state index contributed by atoms with van der Waals surface area (Å²) in [6, 6.07) is 0.553. The molecular weight excluding hydrogens is 154 g/mol. The lowest BCUT2D eigenvalue weighted by molar-refractivity contribution is -0.127. The first-order valence-corrected chi connectivity index (χ1v) is 4.59. The highest BCUT2D eigenvalue weighted by Crippen LogP contribution is 2.19. The molecule has 72 valence electrons. The summed E-state index contributed by atoms with van der Waals surface area (Å²) in [6.45, 7) is 2.02. The summed E-state index contributed by atoms with van der Waals surface area (Å²) in [7, 11) is 4.16. The lowest BCUT2D eigenvalue weighted by Crippen LogP contribution is -2.29. The standard InChI is InChI=1S/C9H19NO2/c1-7-6-8(10(2)3)4-5-9(11)12-7/h7-9,11H,4-6H2,1-3H3/t7-,8-,9-/m1/s1. The second-order valence-electron chi connectivity index (χ2n) is 3.83. The summed E-state index contributed by atoms with van der Waals surface area (Å²) in [5.41, 5.74) is 0. The Bertz CT molecular complexity index is 138. The van der Waals surface area contributed by atoms with Gasteiger partial charge in [-0.3, -0.25) is 0 Å². The quantitative estimate of drug-likeness (QED) is 0.637. The molecule has 0 aromatic rings. The van der Waals surface area contributed by atoms with Crippen LogP contribution >= 0.6 is 0 Å².